The molecule has 0 amide bonds. The van der Waals surface area contributed by atoms with Crippen molar-refractivity contribution in [3.8, 4) is 11.5 Å². The molecule has 27 heavy (non-hydrogen) atoms. The van der Waals surface area contributed by atoms with Crippen molar-refractivity contribution >= 4 is 11.8 Å². The smallest absolute Gasteiger partial charge is 0.128 e. The predicted octanol–water partition coefficient (Wildman–Crippen LogP) is 5.61. The summed E-state index contributed by atoms with van der Waals surface area (Å²) >= 11 is 1.84. The van der Waals surface area contributed by atoms with Crippen LogP contribution in [0.1, 0.15) is 22.1 Å². The summed E-state index contributed by atoms with van der Waals surface area (Å²) < 4.78 is 17.4. The fourth-order valence-corrected chi connectivity index (χ4v) is 3.81. The fourth-order valence-electron chi connectivity index (χ4n) is 2.86. The third-order valence-electron chi connectivity index (χ3n) is 4.35. The first kappa shape index (κ1) is 18.0. The Balaban J connectivity index is 1.27. The maximum atomic E-state index is 5.89. The first-order valence-corrected chi connectivity index (χ1v) is 10.1. The second-order valence-electron chi connectivity index (χ2n) is 6.35. The first-order valence-electron chi connectivity index (χ1n) is 9.08. The van der Waals surface area contributed by atoms with E-state index >= 15 is 0 Å². The van der Waals surface area contributed by atoms with Crippen LogP contribution in [0.4, 0.5) is 0 Å². The molecule has 1 aliphatic heterocycles. The molecule has 0 aromatic heterocycles. The molecular formula is C23H22O3S. The number of hydrogen-bond donors (Lipinski definition) is 0. The molecule has 4 heteroatoms. The van der Waals surface area contributed by atoms with Gasteiger partial charge in [0.2, 0.25) is 0 Å². The number of thioether (sulfide) groups is 1. The lowest BCUT2D eigenvalue weighted by Crippen LogP contribution is -1.98. The minimum Gasteiger partial charge on any atom is -0.489 e. The van der Waals surface area contributed by atoms with E-state index in [0.29, 0.717) is 13.2 Å². The molecule has 0 N–H and O–H groups in total. The number of benzene rings is 3. The highest BCUT2D eigenvalue weighted by Crippen LogP contribution is 2.35. The van der Waals surface area contributed by atoms with Gasteiger partial charge in [-0.3, -0.25) is 0 Å². The molecule has 138 valence electrons. The first-order chi connectivity index (χ1) is 13.4. The summed E-state index contributed by atoms with van der Waals surface area (Å²) in [6, 6.07) is 26.4. The van der Waals surface area contributed by atoms with Gasteiger partial charge in [-0.2, -0.15) is 0 Å². The zero-order valence-corrected chi connectivity index (χ0v) is 15.9. The van der Waals surface area contributed by atoms with E-state index < -0.39 is 0 Å². The van der Waals surface area contributed by atoms with Gasteiger partial charge in [0.1, 0.15) is 30.1 Å². The van der Waals surface area contributed by atoms with Crippen molar-refractivity contribution in [1.82, 2.24) is 0 Å². The van der Waals surface area contributed by atoms with Gasteiger partial charge in [0, 0.05) is 5.75 Å². The summed E-state index contributed by atoms with van der Waals surface area (Å²) in [4.78, 5) is 0. The molecule has 1 atom stereocenters. The van der Waals surface area contributed by atoms with Gasteiger partial charge < -0.3 is 14.2 Å². The molecule has 1 saturated heterocycles. The summed E-state index contributed by atoms with van der Waals surface area (Å²) in [5, 5.41) is 0. The lowest BCUT2D eigenvalue weighted by atomic mass is 10.2. The van der Waals surface area contributed by atoms with Crippen molar-refractivity contribution in [2.75, 3.05) is 12.4 Å². The van der Waals surface area contributed by atoms with Crippen LogP contribution >= 0.6 is 11.8 Å². The van der Waals surface area contributed by atoms with E-state index in [1.807, 2.05) is 66.4 Å². The Morgan fingerprint density at radius 3 is 1.93 bits per heavy atom. The molecule has 1 unspecified atom stereocenters. The average Bonchev–Trinajstić information content (AvgIpc) is 3.28. The van der Waals surface area contributed by atoms with Gasteiger partial charge in [-0.1, -0.05) is 54.6 Å². The molecular weight excluding hydrogens is 356 g/mol. The number of hydrogen-bond acceptors (Lipinski definition) is 4. The molecule has 1 aliphatic rings. The van der Waals surface area contributed by atoms with Gasteiger partial charge in [0.05, 0.1) is 6.61 Å². The number of ether oxygens (including phenoxy) is 3. The van der Waals surface area contributed by atoms with Gasteiger partial charge in [-0.15, -0.1) is 11.8 Å². The van der Waals surface area contributed by atoms with Gasteiger partial charge in [-0.25, -0.2) is 0 Å². The molecule has 3 aromatic carbocycles. The maximum Gasteiger partial charge on any atom is 0.128 e. The van der Waals surface area contributed by atoms with Crippen LogP contribution in [0.5, 0.6) is 11.5 Å². The van der Waals surface area contributed by atoms with E-state index in [1.54, 1.807) is 0 Å². The largest absolute Gasteiger partial charge is 0.489 e. The van der Waals surface area contributed by atoms with E-state index in [4.69, 9.17) is 14.2 Å². The van der Waals surface area contributed by atoms with Crippen LogP contribution in [0.2, 0.25) is 0 Å². The molecule has 4 rings (SSSR count). The Bertz CT molecular complexity index is 826. The highest BCUT2D eigenvalue weighted by atomic mass is 32.2. The highest BCUT2D eigenvalue weighted by Gasteiger charge is 2.17. The molecule has 0 spiro atoms. The van der Waals surface area contributed by atoms with Crippen LogP contribution in [-0.4, -0.2) is 12.4 Å². The van der Waals surface area contributed by atoms with Crippen molar-refractivity contribution in [3.05, 3.63) is 95.6 Å². The van der Waals surface area contributed by atoms with Crippen LogP contribution in [0.3, 0.4) is 0 Å². The van der Waals surface area contributed by atoms with Crippen LogP contribution in [0.25, 0.3) is 0 Å². The van der Waals surface area contributed by atoms with E-state index in [1.165, 1.54) is 5.56 Å². The predicted molar refractivity (Wildman–Crippen MR) is 109 cm³/mol. The van der Waals surface area contributed by atoms with Crippen molar-refractivity contribution in [2.24, 2.45) is 0 Å². The standard InChI is InChI=1S/C23H22O3S/c1-2-4-18(5-3-1)16-25-21-10-6-19(7-11-21)17-26-22-12-8-20(9-13-22)23-24-14-15-27-23/h1-13,23H,14-17H2. The van der Waals surface area contributed by atoms with Crippen molar-refractivity contribution in [2.45, 2.75) is 18.6 Å². The SMILES string of the molecule is c1ccc(COc2ccc(COc3ccc(C4OCCS4)cc3)cc2)cc1. The third-order valence-corrected chi connectivity index (χ3v) is 5.46. The van der Waals surface area contributed by atoms with Gasteiger partial charge in [-0.05, 0) is 41.0 Å². The molecule has 0 aliphatic carbocycles. The van der Waals surface area contributed by atoms with Crippen LogP contribution in [-0.2, 0) is 18.0 Å². The second kappa shape index (κ2) is 8.98. The van der Waals surface area contributed by atoms with Crippen LogP contribution < -0.4 is 9.47 Å². The Kier molecular flexibility index (Phi) is 5.97. The lowest BCUT2D eigenvalue weighted by molar-refractivity contribution is 0.145. The topological polar surface area (TPSA) is 27.7 Å². The molecule has 3 nitrogen and oxygen atoms in total. The Labute approximate surface area is 164 Å². The normalized spacial score (nSPS) is 16.2. The van der Waals surface area contributed by atoms with E-state index in [9.17, 15) is 0 Å². The maximum absolute atomic E-state index is 5.89. The second-order valence-corrected chi connectivity index (χ2v) is 7.52. The summed E-state index contributed by atoms with van der Waals surface area (Å²) in [6.45, 7) is 1.94. The minimum absolute atomic E-state index is 0.169. The summed E-state index contributed by atoms with van der Waals surface area (Å²) in [7, 11) is 0. The Hall–Kier alpha value is -2.43. The van der Waals surface area contributed by atoms with Crippen molar-refractivity contribution in [1.29, 1.82) is 0 Å². The average molecular weight is 378 g/mol. The summed E-state index contributed by atoms with van der Waals surface area (Å²) in [6.07, 6.45) is 0. The van der Waals surface area contributed by atoms with Crippen LogP contribution in [0.15, 0.2) is 78.9 Å². The van der Waals surface area contributed by atoms with Crippen molar-refractivity contribution in [3.63, 3.8) is 0 Å². The zero-order chi connectivity index (χ0) is 18.3. The summed E-state index contributed by atoms with van der Waals surface area (Å²) in [5.74, 6) is 2.79. The molecule has 0 saturated carbocycles. The molecule has 1 heterocycles. The van der Waals surface area contributed by atoms with Crippen LogP contribution in [0, 0.1) is 0 Å². The van der Waals surface area contributed by atoms with E-state index in [0.717, 1.165) is 35.0 Å². The van der Waals surface area contributed by atoms with Gasteiger partial charge in [0.15, 0.2) is 0 Å². The quantitative estimate of drug-likeness (QED) is 0.534. The highest BCUT2D eigenvalue weighted by molar-refractivity contribution is 7.99. The number of rotatable bonds is 7. The third kappa shape index (κ3) is 5.06. The molecule has 0 radical (unpaired) electrons. The molecule has 0 bridgehead atoms. The van der Waals surface area contributed by atoms with Crippen molar-refractivity contribution < 1.29 is 14.2 Å². The lowest BCUT2D eigenvalue weighted by Gasteiger charge is -2.11. The van der Waals surface area contributed by atoms with E-state index in [-0.39, 0.29) is 5.44 Å². The minimum atomic E-state index is 0.169. The van der Waals surface area contributed by atoms with Gasteiger partial charge in [0.25, 0.3) is 0 Å². The van der Waals surface area contributed by atoms with Gasteiger partial charge >= 0.3 is 0 Å². The van der Waals surface area contributed by atoms with E-state index in [2.05, 4.69) is 24.3 Å². The molecule has 1 fully saturated rings. The summed E-state index contributed by atoms with van der Waals surface area (Å²) in [5.41, 5.74) is 3.64. The zero-order valence-electron chi connectivity index (χ0n) is 15.0. The Morgan fingerprint density at radius 1 is 0.741 bits per heavy atom. The Morgan fingerprint density at radius 2 is 1.33 bits per heavy atom. The monoisotopic (exact) mass is 378 g/mol. The molecule has 3 aromatic rings. The fraction of sp³-hybridized carbons (Fsp3) is 0.217.